The van der Waals surface area contributed by atoms with E-state index in [-0.39, 0.29) is 11.5 Å². The molecular weight excluding hydrogens is 390 g/mol. The van der Waals surface area contributed by atoms with Crippen LogP contribution in [-0.2, 0) is 17.8 Å². The quantitative estimate of drug-likeness (QED) is 0.563. The van der Waals surface area contributed by atoms with Gasteiger partial charge in [0.05, 0.1) is 10.9 Å². The Balaban J connectivity index is 1.51. The molecule has 1 aromatic carbocycles. The molecule has 0 saturated heterocycles. The van der Waals surface area contributed by atoms with Crippen LogP contribution < -0.4 is 10.9 Å². The van der Waals surface area contributed by atoms with Gasteiger partial charge in [-0.25, -0.2) is 0 Å². The van der Waals surface area contributed by atoms with Crippen molar-refractivity contribution < 1.29 is 4.79 Å². The van der Waals surface area contributed by atoms with Crippen molar-refractivity contribution in [2.75, 3.05) is 6.54 Å². The van der Waals surface area contributed by atoms with E-state index >= 15 is 0 Å². The number of carbonyl (C=O) groups is 1. The Hall–Kier alpha value is -2.96. The van der Waals surface area contributed by atoms with E-state index in [2.05, 4.69) is 35.4 Å². The molecule has 3 aromatic rings. The Morgan fingerprint density at radius 3 is 2.77 bits per heavy atom. The summed E-state index contributed by atoms with van der Waals surface area (Å²) in [5.41, 5.74) is 2.20. The summed E-state index contributed by atoms with van der Waals surface area (Å²) in [5.74, 6) is 1.56. The molecule has 0 bridgehead atoms. The van der Waals surface area contributed by atoms with Gasteiger partial charge in [-0.3, -0.25) is 18.6 Å². The average molecular weight is 422 g/mol. The zero-order chi connectivity index (χ0) is 21.8. The summed E-state index contributed by atoms with van der Waals surface area (Å²) >= 11 is 0. The van der Waals surface area contributed by atoms with Crippen molar-refractivity contribution >= 4 is 22.6 Å². The van der Waals surface area contributed by atoms with Gasteiger partial charge in [-0.1, -0.05) is 37.6 Å². The molecule has 1 amide bonds. The fraction of sp³-hybridized carbons (Fsp3) is 0.500. The number of fused-ring (bicyclic) bond motifs is 3. The lowest BCUT2D eigenvalue weighted by atomic mass is 9.97. The average Bonchev–Trinajstić information content (AvgIpc) is 3.20. The number of carbonyl (C=O) groups excluding carboxylic acids is 1. The standard InChI is InChI=1S/C24H31N5O2/c1-17(2)16-28-23(31)19-10-6-7-11-20(19)29-21(26-27-24(28)29)12-13-22(30)25-15-14-18-8-4-3-5-9-18/h6-8,10-11,17H,3-5,9,12-16H2,1-2H3,(H,25,30). The normalized spacial score (nSPS) is 14.4. The van der Waals surface area contributed by atoms with Crippen LogP contribution in [-0.4, -0.2) is 31.6 Å². The Labute approximate surface area is 182 Å². The van der Waals surface area contributed by atoms with Gasteiger partial charge in [-0.15, -0.1) is 10.2 Å². The Morgan fingerprint density at radius 2 is 2.00 bits per heavy atom. The minimum Gasteiger partial charge on any atom is -0.356 e. The SMILES string of the molecule is CC(C)Cn1c(=O)c2ccccc2n2c(CCC(=O)NCCC3=CCCCC3)nnc12. The topological polar surface area (TPSA) is 81.3 Å². The Kier molecular flexibility index (Phi) is 6.49. The summed E-state index contributed by atoms with van der Waals surface area (Å²) in [6, 6.07) is 7.53. The number of benzene rings is 1. The van der Waals surface area contributed by atoms with Crippen LogP contribution in [0.2, 0.25) is 0 Å². The summed E-state index contributed by atoms with van der Waals surface area (Å²) in [6.07, 6.45) is 8.94. The van der Waals surface area contributed by atoms with Crippen LogP contribution in [0.25, 0.3) is 16.7 Å². The highest BCUT2D eigenvalue weighted by atomic mass is 16.1. The summed E-state index contributed by atoms with van der Waals surface area (Å²) in [6.45, 7) is 5.40. The molecule has 0 aliphatic heterocycles. The third kappa shape index (κ3) is 4.70. The van der Waals surface area contributed by atoms with Gasteiger partial charge in [-0.2, -0.15) is 0 Å². The van der Waals surface area contributed by atoms with Gasteiger partial charge >= 0.3 is 0 Å². The van der Waals surface area contributed by atoms with Gasteiger partial charge in [0.2, 0.25) is 11.7 Å². The molecule has 0 unspecified atom stereocenters. The molecule has 0 saturated carbocycles. The minimum absolute atomic E-state index is 0.0213. The van der Waals surface area contributed by atoms with Crippen molar-refractivity contribution in [3.8, 4) is 0 Å². The smallest absolute Gasteiger partial charge is 0.262 e. The molecule has 7 heteroatoms. The summed E-state index contributed by atoms with van der Waals surface area (Å²) in [4.78, 5) is 25.4. The maximum atomic E-state index is 13.0. The first-order valence-corrected chi connectivity index (χ1v) is 11.3. The monoisotopic (exact) mass is 421 g/mol. The predicted octanol–water partition coefficient (Wildman–Crippen LogP) is 3.64. The van der Waals surface area contributed by atoms with E-state index in [9.17, 15) is 9.59 Å². The highest BCUT2D eigenvalue weighted by Gasteiger charge is 2.17. The molecule has 2 aromatic heterocycles. The lowest BCUT2D eigenvalue weighted by molar-refractivity contribution is -0.121. The second-order valence-electron chi connectivity index (χ2n) is 8.79. The van der Waals surface area contributed by atoms with Crippen LogP contribution >= 0.6 is 0 Å². The highest BCUT2D eigenvalue weighted by Crippen LogP contribution is 2.19. The maximum Gasteiger partial charge on any atom is 0.262 e. The first-order chi connectivity index (χ1) is 15.0. The number of allylic oxidation sites excluding steroid dienone is 1. The molecule has 31 heavy (non-hydrogen) atoms. The van der Waals surface area contributed by atoms with Gasteiger partial charge in [-0.05, 0) is 50.2 Å². The summed E-state index contributed by atoms with van der Waals surface area (Å²) in [7, 11) is 0. The number of hydrogen-bond donors (Lipinski definition) is 1. The Morgan fingerprint density at radius 1 is 1.16 bits per heavy atom. The van der Waals surface area contributed by atoms with E-state index in [1.807, 2.05) is 28.7 Å². The fourth-order valence-electron chi connectivity index (χ4n) is 4.31. The largest absolute Gasteiger partial charge is 0.356 e. The van der Waals surface area contributed by atoms with Crippen molar-refractivity contribution in [3.05, 3.63) is 52.1 Å². The van der Waals surface area contributed by atoms with E-state index in [0.717, 1.165) is 18.4 Å². The van der Waals surface area contributed by atoms with Gasteiger partial charge in [0.25, 0.3) is 5.56 Å². The van der Waals surface area contributed by atoms with Crippen LogP contribution in [0, 0.1) is 5.92 Å². The molecule has 4 rings (SSSR count). The number of hydrogen-bond acceptors (Lipinski definition) is 4. The van der Waals surface area contributed by atoms with Gasteiger partial charge in [0, 0.05) is 25.9 Å². The molecule has 0 atom stereocenters. The lowest BCUT2D eigenvalue weighted by Crippen LogP contribution is -2.26. The maximum absolute atomic E-state index is 13.0. The third-order valence-electron chi connectivity index (χ3n) is 5.85. The summed E-state index contributed by atoms with van der Waals surface area (Å²) in [5, 5.41) is 12.3. The molecule has 164 valence electrons. The lowest BCUT2D eigenvalue weighted by Gasteiger charge is -2.13. The van der Waals surface area contributed by atoms with Crippen LogP contribution in [0.5, 0.6) is 0 Å². The van der Waals surface area contributed by atoms with Gasteiger partial charge in [0.15, 0.2) is 0 Å². The number of nitrogens with one attached hydrogen (secondary N) is 1. The molecule has 0 radical (unpaired) electrons. The first-order valence-electron chi connectivity index (χ1n) is 11.3. The zero-order valence-corrected chi connectivity index (χ0v) is 18.4. The van der Waals surface area contributed by atoms with Gasteiger partial charge < -0.3 is 5.32 Å². The zero-order valence-electron chi connectivity index (χ0n) is 18.4. The molecule has 1 N–H and O–H groups in total. The molecule has 1 aliphatic rings. The number of aromatic nitrogens is 4. The molecule has 1 aliphatic carbocycles. The van der Waals surface area contributed by atoms with Crippen molar-refractivity contribution in [1.29, 1.82) is 0 Å². The third-order valence-corrected chi connectivity index (χ3v) is 5.85. The van der Waals surface area contributed by atoms with E-state index < -0.39 is 0 Å². The molecule has 0 fully saturated rings. The predicted molar refractivity (Wildman–Crippen MR) is 122 cm³/mol. The van der Waals surface area contributed by atoms with Gasteiger partial charge in [0.1, 0.15) is 5.82 Å². The molecule has 2 heterocycles. The number of nitrogens with zero attached hydrogens (tertiary/aromatic N) is 4. The molecular formula is C24H31N5O2. The second-order valence-corrected chi connectivity index (χ2v) is 8.79. The minimum atomic E-state index is -0.0505. The number of aryl methyl sites for hydroxylation is 1. The number of amides is 1. The number of para-hydroxylation sites is 1. The van der Waals surface area contributed by atoms with Crippen molar-refractivity contribution in [3.63, 3.8) is 0 Å². The van der Waals surface area contributed by atoms with Crippen LogP contribution in [0.3, 0.4) is 0 Å². The molecule has 0 spiro atoms. The van der Waals surface area contributed by atoms with Crippen LogP contribution in [0.1, 0.15) is 58.2 Å². The first kappa shape index (κ1) is 21.3. The van der Waals surface area contributed by atoms with Crippen molar-refractivity contribution in [2.24, 2.45) is 5.92 Å². The van der Waals surface area contributed by atoms with E-state index in [1.165, 1.54) is 24.8 Å². The van der Waals surface area contributed by atoms with E-state index in [4.69, 9.17) is 0 Å². The van der Waals surface area contributed by atoms with Crippen molar-refractivity contribution in [2.45, 2.75) is 65.3 Å². The number of rotatable bonds is 8. The Bertz CT molecular complexity index is 1170. The highest BCUT2D eigenvalue weighted by molar-refractivity contribution is 5.80. The van der Waals surface area contributed by atoms with E-state index in [0.29, 0.717) is 48.8 Å². The second kappa shape index (κ2) is 9.45. The van der Waals surface area contributed by atoms with Crippen LogP contribution in [0.15, 0.2) is 40.7 Å². The fourth-order valence-corrected chi connectivity index (χ4v) is 4.31. The summed E-state index contributed by atoms with van der Waals surface area (Å²) < 4.78 is 3.63. The van der Waals surface area contributed by atoms with Crippen molar-refractivity contribution in [1.82, 2.24) is 24.5 Å². The molecule has 7 nitrogen and oxygen atoms in total. The van der Waals surface area contributed by atoms with Crippen LogP contribution in [0.4, 0.5) is 0 Å². The van der Waals surface area contributed by atoms with E-state index in [1.54, 1.807) is 4.57 Å².